The maximum atomic E-state index is 10.2. The minimum Gasteiger partial charge on any atom is -0.495 e. The van der Waals surface area contributed by atoms with Crippen LogP contribution in [0.15, 0.2) is 11.8 Å². The summed E-state index contributed by atoms with van der Waals surface area (Å²) in [5.74, 6) is 2.20. The largest absolute Gasteiger partial charge is 0.495 e. The van der Waals surface area contributed by atoms with Gasteiger partial charge in [-0.05, 0) is 30.8 Å². The molecule has 1 fully saturated rings. The van der Waals surface area contributed by atoms with Crippen molar-refractivity contribution >= 4 is 0 Å². The number of hydrogen-bond acceptors (Lipinski definition) is 2. The molecule has 0 spiro atoms. The smallest absolute Gasteiger partial charge is 0.121 e. The van der Waals surface area contributed by atoms with E-state index < -0.39 is 0 Å². The topological polar surface area (TPSA) is 29.5 Å². The van der Waals surface area contributed by atoms with Crippen LogP contribution in [0, 0.1) is 11.8 Å². The first-order valence-electron chi connectivity index (χ1n) is 7.32. The van der Waals surface area contributed by atoms with Gasteiger partial charge in [-0.1, -0.05) is 39.0 Å². The van der Waals surface area contributed by atoms with Crippen molar-refractivity contribution < 1.29 is 9.84 Å². The number of rotatable bonds is 5. The number of aliphatic hydroxyl groups excluding tert-OH is 1. The first-order chi connectivity index (χ1) is 8.31. The van der Waals surface area contributed by atoms with Crippen molar-refractivity contribution in [1.82, 2.24) is 0 Å². The van der Waals surface area contributed by atoms with Crippen LogP contribution in [0.1, 0.15) is 58.3 Å². The Balaban J connectivity index is 1.74. The predicted molar refractivity (Wildman–Crippen MR) is 69.6 cm³/mol. The molecule has 1 atom stereocenters. The molecule has 0 bridgehead atoms. The van der Waals surface area contributed by atoms with Crippen molar-refractivity contribution in [2.24, 2.45) is 11.8 Å². The predicted octanol–water partition coefficient (Wildman–Crippen LogP) is 3.65. The Hall–Kier alpha value is -0.500. The lowest BCUT2D eigenvalue weighted by atomic mass is 9.77. The molecule has 2 aliphatic rings. The molecule has 0 aromatic heterocycles. The van der Waals surface area contributed by atoms with Gasteiger partial charge in [0.1, 0.15) is 11.9 Å². The molecule has 0 saturated heterocycles. The minimum absolute atomic E-state index is 0.329. The fourth-order valence-corrected chi connectivity index (χ4v) is 3.16. The first kappa shape index (κ1) is 12.9. The summed E-state index contributed by atoms with van der Waals surface area (Å²) in [6.07, 6.45) is 11.7. The molecular formula is C15H26O2. The average molecular weight is 238 g/mol. The lowest BCUT2D eigenvalue weighted by Gasteiger charge is -2.31. The van der Waals surface area contributed by atoms with E-state index in [1.54, 1.807) is 0 Å². The molecular weight excluding hydrogens is 212 g/mol. The summed E-state index contributed by atoms with van der Waals surface area (Å²) >= 11 is 0. The number of hydrogen-bond donors (Lipinski definition) is 1. The van der Waals surface area contributed by atoms with Crippen LogP contribution in [0.2, 0.25) is 0 Å². The highest BCUT2D eigenvalue weighted by atomic mass is 16.5. The Morgan fingerprint density at radius 2 is 2.12 bits per heavy atom. The zero-order chi connectivity index (χ0) is 12.1. The maximum absolute atomic E-state index is 10.2. The van der Waals surface area contributed by atoms with Gasteiger partial charge in [-0.25, -0.2) is 0 Å². The Kier molecular flexibility index (Phi) is 4.90. The summed E-state index contributed by atoms with van der Waals surface area (Å²) < 4.78 is 5.47. The van der Waals surface area contributed by atoms with Crippen molar-refractivity contribution in [2.75, 3.05) is 6.61 Å². The van der Waals surface area contributed by atoms with Gasteiger partial charge in [-0.2, -0.15) is 0 Å². The van der Waals surface area contributed by atoms with Crippen LogP contribution in [0.3, 0.4) is 0 Å². The van der Waals surface area contributed by atoms with E-state index in [1.807, 2.05) is 0 Å². The van der Waals surface area contributed by atoms with Crippen LogP contribution in [0.5, 0.6) is 0 Å². The lowest BCUT2D eigenvalue weighted by Crippen LogP contribution is -2.27. The zero-order valence-corrected chi connectivity index (χ0v) is 11.0. The molecule has 1 N–H and O–H groups in total. The summed E-state index contributed by atoms with van der Waals surface area (Å²) in [5, 5.41) is 10.2. The minimum atomic E-state index is -0.329. The summed E-state index contributed by atoms with van der Waals surface area (Å²) in [4.78, 5) is 0. The highest BCUT2D eigenvalue weighted by molar-refractivity contribution is 5.06. The van der Waals surface area contributed by atoms with Crippen LogP contribution in [-0.2, 0) is 4.74 Å². The van der Waals surface area contributed by atoms with Crippen molar-refractivity contribution in [3.8, 4) is 0 Å². The van der Waals surface area contributed by atoms with Gasteiger partial charge in [0, 0.05) is 6.42 Å². The van der Waals surface area contributed by atoms with Gasteiger partial charge in [0.25, 0.3) is 0 Å². The van der Waals surface area contributed by atoms with E-state index in [9.17, 15) is 5.11 Å². The van der Waals surface area contributed by atoms with Crippen LogP contribution >= 0.6 is 0 Å². The highest BCUT2D eigenvalue weighted by Crippen LogP contribution is 2.36. The van der Waals surface area contributed by atoms with E-state index in [0.29, 0.717) is 5.92 Å². The molecule has 1 saturated carbocycles. The lowest BCUT2D eigenvalue weighted by molar-refractivity contribution is 0.0505. The van der Waals surface area contributed by atoms with Crippen LogP contribution < -0.4 is 0 Å². The molecule has 1 aliphatic carbocycles. The fourth-order valence-electron chi connectivity index (χ4n) is 3.16. The Bertz CT molecular complexity index is 252. The van der Waals surface area contributed by atoms with Crippen molar-refractivity contribution in [1.29, 1.82) is 0 Å². The Morgan fingerprint density at radius 3 is 2.71 bits per heavy atom. The van der Waals surface area contributed by atoms with Gasteiger partial charge in [0.15, 0.2) is 0 Å². The normalized spacial score (nSPS) is 30.8. The molecule has 0 aromatic rings. The van der Waals surface area contributed by atoms with Gasteiger partial charge >= 0.3 is 0 Å². The third-order valence-corrected chi connectivity index (χ3v) is 4.33. The molecule has 0 aromatic carbocycles. The van der Waals surface area contributed by atoms with Gasteiger partial charge in [0.2, 0.25) is 0 Å². The van der Waals surface area contributed by atoms with Crippen molar-refractivity contribution in [3.63, 3.8) is 0 Å². The molecule has 2 heteroatoms. The monoisotopic (exact) mass is 238 g/mol. The second kappa shape index (κ2) is 6.44. The quantitative estimate of drug-likeness (QED) is 0.792. The molecule has 98 valence electrons. The summed E-state index contributed by atoms with van der Waals surface area (Å²) in [7, 11) is 0. The molecule has 0 amide bonds. The van der Waals surface area contributed by atoms with Gasteiger partial charge in [-0.3, -0.25) is 0 Å². The first-order valence-corrected chi connectivity index (χ1v) is 7.32. The van der Waals surface area contributed by atoms with Crippen LogP contribution in [0.4, 0.5) is 0 Å². The van der Waals surface area contributed by atoms with Gasteiger partial charge in [0.05, 0.1) is 6.61 Å². The summed E-state index contributed by atoms with van der Waals surface area (Å²) in [5.41, 5.74) is 0. The van der Waals surface area contributed by atoms with E-state index >= 15 is 0 Å². The zero-order valence-electron chi connectivity index (χ0n) is 11.0. The van der Waals surface area contributed by atoms with Crippen molar-refractivity contribution in [2.45, 2.75) is 64.4 Å². The van der Waals surface area contributed by atoms with E-state index in [0.717, 1.165) is 24.7 Å². The van der Waals surface area contributed by atoms with Gasteiger partial charge < -0.3 is 9.84 Å². The fraction of sp³-hybridized carbons (Fsp3) is 0.867. The number of ether oxygens (including phenoxy) is 1. The molecule has 0 radical (unpaired) electrons. The second-order valence-electron chi connectivity index (χ2n) is 5.61. The standard InChI is InChI=1S/C15H26O2/c1-2-3-5-12-7-9-13(10-8-12)15(16)14-6-4-11-17-14/h6,12-13,15-16H,2-5,7-11H2,1H3. The summed E-state index contributed by atoms with van der Waals surface area (Å²) in [6, 6.07) is 0. The van der Waals surface area contributed by atoms with Crippen molar-refractivity contribution in [3.05, 3.63) is 11.8 Å². The van der Waals surface area contributed by atoms with E-state index in [-0.39, 0.29) is 6.10 Å². The molecule has 2 rings (SSSR count). The molecule has 2 nitrogen and oxygen atoms in total. The molecule has 1 aliphatic heterocycles. The SMILES string of the molecule is CCCCC1CCC(C(O)C2=CCCO2)CC1. The highest BCUT2D eigenvalue weighted by Gasteiger charge is 2.29. The van der Waals surface area contributed by atoms with E-state index in [1.165, 1.54) is 44.9 Å². The Labute approximate surface area is 105 Å². The van der Waals surface area contributed by atoms with Crippen LogP contribution in [-0.4, -0.2) is 17.8 Å². The van der Waals surface area contributed by atoms with E-state index in [2.05, 4.69) is 13.0 Å². The second-order valence-corrected chi connectivity index (χ2v) is 5.61. The number of aliphatic hydroxyl groups is 1. The Morgan fingerprint density at radius 1 is 1.35 bits per heavy atom. The van der Waals surface area contributed by atoms with E-state index in [4.69, 9.17) is 4.74 Å². The maximum Gasteiger partial charge on any atom is 0.121 e. The molecule has 1 unspecified atom stereocenters. The third-order valence-electron chi connectivity index (χ3n) is 4.33. The summed E-state index contributed by atoms with van der Waals surface area (Å²) in [6.45, 7) is 3.03. The van der Waals surface area contributed by atoms with Gasteiger partial charge in [-0.15, -0.1) is 0 Å². The molecule has 1 heterocycles. The van der Waals surface area contributed by atoms with Crippen LogP contribution in [0.25, 0.3) is 0 Å². The average Bonchev–Trinajstić information content (AvgIpc) is 2.90. The number of unbranched alkanes of at least 4 members (excludes halogenated alkanes) is 1. The molecule has 17 heavy (non-hydrogen) atoms. The third kappa shape index (κ3) is 3.48.